The number of rotatable bonds is 5. The van der Waals surface area contributed by atoms with Crippen molar-refractivity contribution in [1.82, 2.24) is 4.90 Å². The van der Waals surface area contributed by atoms with Gasteiger partial charge in [0.05, 0.1) is 0 Å². The summed E-state index contributed by atoms with van der Waals surface area (Å²) in [4.78, 5) is 14.0. The van der Waals surface area contributed by atoms with Gasteiger partial charge >= 0.3 is 0 Å². The third-order valence-electron chi connectivity index (χ3n) is 3.46. The molecule has 0 saturated carbocycles. The Bertz CT molecular complexity index is 443. The fraction of sp³-hybridized carbons (Fsp3) is 0.562. The molecule has 1 aromatic carbocycles. The third-order valence-corrected chi connectivity index (χ3v) is 3.46. The average molecular weight is 262 g/mol. The summed E-state index contributed by atoms with van der Waals surface area (Å²) in [5.74, 6) is -0.341. The molecule has 106 valence electrons. The van der Waals surface area contributed by atoms with Crippen molar-refractivity contribution in [1.29, 1.82) is 0 Å². The first kappa shape index (κ1) is 15.7. The van der Waals surface area contributed by atoms with Gasteiger partial charge < -0.3 is 5.73 Å². The van der Waals surface area contributed by atoms with Gasteiger partial charge in [-0.3, -0.25) is 9.69 Å². The van der Waals surface area contributed by atoms with E-state index in [-0.39, 0.29) is 11.3 Å². The summed E-state index contributed by atoms with van der Waals surface area (Å²) in [6.07, 6.45) is 0. The summed E-state index contributed by atoms with van der Waals surface area (Å²) in [5.41, 5.74) is 8.26. The Morgan fingerprint density at radius 3 is 2.21 bits per heavy atom. The van der Waals surface area contributed by atoms with Gasteiger partial charge in [0.1, 0.15) is 0 Å². The summed E-state index contributed by atoms with van der Waals surface area (Å²) in [5, 5.41) is 0. The van der Waals surface area contributed by atoms with Crippen LogP contribution in [0, 0.1) is 0 Å². The van der Waals surface area contributed by atoms with Crippen LogP contribution in [0.25, 0.3) is 0 Å². The largest absolute Gasteiger partial charge is 0.366 e. The lowest BCUT2D eigenvalue weighted by molar-refractivity contribution is 0.0998. The lowest BCUT2D eigenvalue weighted by Crippen LogP contribution is -2.24. The second-order valence-electron chi connectivity index (χ2n) is 5.96. The van der Waals surface area contributed by atoms with Gasteiger partial charge in [-0.25, -0.2) is 0 Å². The zero-order valence-electron chi connectivity index (χ0n) is 12.8. The van der Waals surface area contributed by atoms with Crippen molar-refractivity contribution in [3.05, 3.63) is 34.9 Å². The maximum absolute atomic E-state index is 11.7. The average Bonchev–Trinajstić information content (AvgIpc) is 2.34. The van der Waals surface area contributed by atoms with E-state index >= 15 is 0 Å². The highest BCUT2D eigenvalue weighted by Gasteiger charge is 2.20. The van der Waals surface area contributed by atoms with Crippen LogP contribution < -0.4 is 5.73 Å². The molecule has 2 N–H and O–H groups in total. The van der Waals surface area contributed by atoms with Crippen LogP contribution in [0.2, 0.25) is 0 Å². The first-order valence-electron chi connectivity index (χ1n) is 6.95. The molecule has 0 radical (unpaired) electrons. The van der Waals surface area contributed by atoms with Gasteiger partial charge in [-0.2, -0.15) is 0 Å². The van der Waals surface area contributed by atoms with Gasteiger partial charge in [0.15, 0.2) is 0 Å². The third kappa shape index (κ3) is 4.06. The van der Waals surface area contributed by atoms with Crippen LogP contribution in [0.4, 0.5) is 0 Å². The second kappa shape index (κ2) is 6.20. The molecule has 0 aliphatic heterocycles. The van der Waals surface area contributed by atoms with Gasteiger partial charge in [-0.1, -0.05) is 46.8 Å². The van der Waals surface area contributed by atoms with Crippen molar-refractivity contribution in [2.75, 3.05) is 13.1 Å². The SMILES string of the molecule is CCN(CC)Cc1ccc(C(C)(C)C)c(C(N)=O)c1. The van der Waals surface area contributed by atoms with E-state index in [1.165, 1.54) is 0 Å². The number of nitrogens with zero attached hydrogens (tertiary/aromatic N) is 1. The van der Waals surface area contributed by atoms with Gasteiger partial charge in [0.25, 0.3) is 0 Å². The van der Waals surface area contributed by atoms with Gasteiger partial charge in [-0.15, -0.1) is 0 Å². The number of carbonyl (C=O) groups excluding carboxylic acids is 1. The van der Waals surface area contributed by atoms with Crippen LogP contribution >= 0.6 is 0 Å². The Kier molecular flexibility index (Phi) is 5.12. The van der Waals surface area contributed by atoms with Crippen molar-refractivity contribution in [2.45, 2.75) is 46.6 Å². The number of nitrogens with two attached hydrogens (primary N) is 1. The Balaban J connectivity index is 3.13. The molecule has 0 bridgehead atoms. The topological polar surface area (TPSA) is 46.3 Å². The molecule has 1 aromatic rings. The molecule has 0 aromatic heterocycles. The molecule has 0 fully saturated rings. The number of primary amides is 1. The van der Waals surface area contributed by atoms with Crippen LogP contribution in [0.15, 0.2) is 18.2 Å². The maximum atomic E-state index is 11.7. The molecule has 19 heavy (non-hydrogen) atoms. The molecule has 0 aliphatic carbocycles. The fourth-order valence-electron chi connectivity index (χ4n) is 2.25. The summed E-state index contributed by atoms with van der Waals surface area (Å²) < 4.78 is 0. The van der Waals surface area contributed by atoms with E-state index in [0.717, 1.165) is 30.8 Å². The van der Waals surface area contributed by atoms with E-state index in [4.69, 9.17) is 5.73 Å². The highest BCUT2D eigenvalue weighted by Crippen LogP contribution is 2.26. The van der Waals surface area contributed by atoms with Crippen LogP contribution in [0.3, 0.4) is 0 Å². The quantitative estimate of drug-likeness (QED) is 0.887. The first-order chi connectivity index (χ1) is 8.79. The first-order valence-corrected chi connectivity index (χ1v) is 6.95. The highest BCUT2D eigenvalue weighted by atomic mass is 16.1. The number of hydrogen-bond donors (Lipinski definition) is 1. The lowest BCUT2D eigenvalue weighted by atomic mass is 9.83. The van der Waals surface area contributed by atoms with E-state index in [1.54, 1.807) is 0 Å². The molecule has 0 spiro atoms. The monoisotopic (exact) mass is 262 g/mol. The smallest absolute Gasteiger partial charge is 0.249 e. The van der Waals surface area contributed by atoms with E-state index in [9.17, 15) is 4.79 Å². The summed E-state index contributed by atoms with van der Waals surface area (Å²) >= 11 is 0. The normalized spacial score (nSPS) is 11.9. The van der Waals surface area contributed by atoms with Crippen molar-refractivity contribution < 1.29 is 4.79 Å². The Morgan fingerprint density at radius 1 is 1.21 bits per heavy atom. The van der Waals surface area contributed by atoms with Crippen molar-refractivity contribution in [2.24, 2.45) is 5.73 Å². The summed E-state index contributed by atoms with van der Waals surface area (Å²) in [7, 11) is 0. The predicted molar refractivity (Wildman–Crippen MR) is 80.3 cm³/mol. The number of carbonyl (C=O) groups is 1. The zero-order chi connectivity index (χ0) is 14.6. The van der Waals surface area contributed by atoms with E-state index < -0.39 is 0 Å². The standard InChI is InChI=1S/C16H26N2O/c1-6-18(7-2)11-12-8-9-14(16(3,4)5)13(10-12)15(17)19/h8-10H,6-7,11H2,1-5H3,(H2,17,19). The van der Waals surface area contributed by atoms with Gasteiger partial charge in [-0.05, 0) is 35.7 Å². The van der Waals surface area contributed by atoms with Crippen LogP contribution in [0.1, 0.15) is 56.1 Å². The summed E-state index contributed by atoms with van der Waals surface area (Å²) in [6, 6.07) is 6.09. The van der Waals surface area contributed by atoms with Gasteiger partial charge in [0.2, 0.25) is 5.91 Å². The molecule has 1 rings (SSSR count). The lowest BCUT2D eigenvalue weighted by Gasteiger charge is -2.24. The highest BCUT2D eigenvalue weighted by molar-refractivity contribution is 5.94. The zero-order valence-corrected chi connectivity index (χ0v) is 12.8. The molecule has 3 nitrogen and oxygen atoms in total. The Morgan fingerprint density at radius 2 is 1.79 bits per heavy atom. The van der Waals surface area contributed by atoms with Gasteiger partial charge in [0, 0.05) is 12.1 Å². The van der Waals surface area contributed by atoms with Crippen LogP contribution in [-0.2, 0) is 12.0 Å². The Labute approximate surface area is 116 Å². The van der Waals surface area contributed by atoms with E-state index in [1.807, 2.05) is 12.1 Å². The predicted octanol–water partition coefficient (Wildman–Crippen LogP) is 2.92. The minimum atomic E-state index is -0.341. The molecule has 0 unspecified atom stereocenters. The van der Waals surface area contributed by atoms with E-state index in [2.05, 4.69) is 45.6 Å². The molecule has 1 amide bonds. The minimum Gasteiger partial charge on any atom is -0.366 e. The minimum absolute atomic E-state index is 0.0713. The second-order valence-corrected chi connectivity index (χ2v) is 5.96. The van der Waals surface area contributed by atoms with Crippen molar-refractivity contribution >= 4 is 5.91 Å². The maximum Gasteiger partial charge on any atom is 0.249 e. The van der Waals surface area contributed by atoms with Crippen molar-refractivity contribution in [3.8, 4) is 0 Å². The number of amides is 1. The molecule has 0 heterocycles. The molecule has 0 saturated heterocycles. The Hall–Kier alpha value is -1.35. The fourth-order valence-corrected chi connectivity index (χ4v) is 2.25. The molecular weight excluding hydrogens is 236 g/mol. The molecule has 3 heteroatoms. The number of hydrogen-bond acceptors (Lipinski definition) is 2. The van der Waals surface area contributed by atoms with Crippen LogP contribution in [0.5, 0.6) is 0 Å². The van der Waals surface area contributed by atoms with E-state index in [0.29, 0.717) is 5.56 Å². The molecule has 0 atom stereocenters. The molecular formula is C16H26N2O. The summed E-state index contributed by atoms with van der Waals surface area (Å²) in [6.45, 7) is 13.4. The van der Waals surface area contributed by atoms with Crippen LogP contribution in [-0.4, -0.2) is 23.9 Å². The molecule has 0 aliphatic rings. The van der Waals surface area contributed by atoms with Crippen molar-refractivity contribution in [3.63, 3.8) is 0 Å². The number of benzene rings is 1.